The Balaban J connectivity index is 1.80. The van der Waals surface area contributed by atoms with Crippen molar-refractivity contribution in [2.24, 2.45) is 0 Å². The molecular weight excluding hydrogens is 350 g/mol. The number of methoxy groups -OCH3 is 1. The van der Waals surface area contributed by atoms with Crippen molar-refractivity contribution in [3.63, 3.8) is 0 Å². The Kier molecular flexibility index (Phi) is 4.32. The second kappa shape index (κ2) is 6.79. The van der Waals surface area contributed by atoms with Crippen molar-refractivity contribution in [2.75, 3.05) is 19.0 Å². The van der Waals surface area contributed by atoms with Crippen LogP contribution in [0.2, 0.25) is 0 Å². The largest absolute Gasteiger partial charge is 0.497 e. The average molecular weight is 366 g/mol. The van der Waals surface area contributed by atoms with Gasteiger partial charge in [-0.1, -0.05) is 12.1 Å². The number of carbonyl (C=O) groups is 1. The van der Waals surface area contributed by atoms with Gasteiger partial charge >= 0.3 is 0 Å². The van der Waals surface area contributed by atoms with Crippen LogP contribution in [0.5, 0.6) is 5.75 Å². The molecular formula is C21H16F2N2O2. The zero-order chi connectivity index (χ0) is 19.0. The molecule has 1 aliphatic heterocycles. The van der Waals surface area contributed by atoms with E-state index in [0.717, 1.165) is 6.07 Å². The van der Waals surface area contributed by atoms with Crippen LogP contribution >= 0.6 is 0 Å². The van der Waals surface area contributed by atoms with Gasteiger partial charge in [-0.2, -0.15) is 0 Å². The van der Waals surface area contributed by atoms with Crippen LogP contribution < -0.4 is 10.1 Å². The van der Waals surface area contributed by atoms with Gasteiger partial charge in [-0.15, -0.1) is 0 Å². The van der Waals surface area contributed by atoms with E-state index in [0.29, 0.717) is 40.4 Å². The summed E-state index contributed by atoms with van der Waals surface area (Å²) in [5, 5.41) is 3.12. The first-order valence-electron chi connectivity index (χ1n) is 8.44. The molecule has 0 saturated heterocycles. The number of anilines is 1. The molecule has 1 atom stereocenters. The molecule has 27 heavy (non-hydrogen) atoms. The van der Waals surface area contributed by atoms with Gasteiger partial charge in [0.25, 0.3) is 0 Å². The van der Waals surface area contributed by atoms with Crippen LogP contribution in [-0.2, 0) is 0 Å². The Morgan fingerprint density at radius 1 is 1.15 bits per heavy atom. The van der Waals surface area contributed by atoms with Crippen molar-refractivity contribution in [3.05, 3.63) is 77.5 Å². The lowest BCUT2D eigenvalue weighted by atomic mass is 9.88. The summed E-state index contributed by atoms with van der Waals surface area (Å²) in [6, 6.07) is 11.9. The van der Waals surface area contributed by atoms with Gasteiger partial charge in [-0.25, -0.2) is 13.8 Å². The Bertz CT molecular complexity index is 1020. The number of ketones is 1. The van der Waals surface area contributed by atoms with Gasteiger partial charge in [0.1, 0.15) is 23.2 Å². The average Bonchev–Trinajstić information content (AvgIpc) is 3.11. The monoisotopic (exact) mass is 366 g/mol. The number of nitrogens with one attached hydrogen (secondary N) is 1. The van der Waals surface area contributed by atoms with Crippen LogP contribution in [-0.4, -0.2) is 24.4 Å². The summed E-state index contributed by atoms with van der Waals surface area (Å²) in [6.07, 6.45) is 1.56. The molecule has 136 valence electrons. The number of hydrogen-bond acceptors (Lipinski definition) is 4. The third-order valence-corrected chi connectivity index (χ3v) is 4.66. The predicted octanol–water partition coefficient (Wildman–Crippen LogP) is 4.43. The molecule has 2 heterocycles. The van der Waals surface area contributed by atoms with Crippen LogP contribution in [0.1, 0.15) is 21.8 Å². The van der Waals surface area contributed by atoms with E-state index in [1.54, 1.807) is 36.5 Å². The van der Waals surface area contributed by atoms with Crippen molar-refractivity contribution >= 4 is 11.6 Å². The summed E-state index contributed by atoms with van der Waals surface area (Å²) in [5.74, 6) is -0.813. The van der Waals surface area contributed by atoms with Gasteiger partial charge in [0, 0.05) is 29.9 Å². The first-order chi connectivity index (χ1) is 13.1. The number of hydrogen-bond donors (Lipinski definition) is 1. The van der Waals surface area contributed by atoms with E-state index in [2.05, 4.69) is 10.3 Å². The molecule has 1 N–H and O–H groups in total. The highest BCUT2D eigenvalue weighted by Gasteiger charge is 2.33. The molecule has 2 aromatic carbocycles. The second-order valence-electron chi connectivity index (χ2n) is 6.31. The van der Waals surface area contributed by atoms with Gasteiger partial charge in [-0.05, 0) is 41.5 Å². The maximum Gasteiger partial charge on any atom is 0.172 e. The summed E-state index contributed by atoms with van der Waals surface area (Å²) >= 11 is 0. The van der Waals surface area contributed by atoms with Crippen LogP contribution in [0.25, 0.3) is 11.1 Å². The molecule has 1 aliphatic rings. The highest BCUT2D eigenvalue weighted by atomic mass is 19.1. The molecule has 0 amide bonds. The maximum atomic E-state index is 13.7. The van der Waals surface area contributed by atoms with Crippen LogP contribution in [0, 0.1) is 11.6 Å². The third kappa shape index (κ3) is 3.14. The number of fused-ring (bicyclic) bond motifs is 1. The number of nitrogens with zero attached hydrogens (tertiary/aromatic N) is 1. The molecule has 0 radical (unpaired) electrons. The summed E-state index contributed by atoms with van der Waals surface area (Å²) < 4.78 is 32.6. The lowest BCUT2D eigenvalue weighted by Crippen LogP contribution is -2.15. The first-order valence-corrected chi connectivity index (χ1v) is 8.44. The minimum Gasteiger partial charge on any atom is -0.497 e. The predicted molar refractivity (Wildman–Crippen MR) is 98.1 cm³/mol. The summed E-state index contributed by atoms with van der Waals surface area (Å²) in [5.41, 5.74) is 2.12. The highest BCUT2D eigenvalue weighted by molar-refractivity contribution is 6.04. The zero-order valence-electron chi connectivity index (χ0n) is 14.5. The van der Waals surface area contributed by atoms with Crippen molar-refractivity contribution in [1.29, 1.82) is 0 Å². The molecule has 4 nitrogen and oxygen atoms in total. The Hall–Kier alpha value is -3.28. The highest BCUT2D eigenvalue weighted by Crippen LogP contribution is 2.40. The van der Waals surface area contributed by atoms with Gasteiger partial charge in [0.05, 0.1) is 13.0 Å². The van der Waals surface area contributed by atoms with E-state index in [1.807, 2.05) is 0 Å². The van der Waals surface area contributed by atoms with Crippen LogP contribution in [0.4, 0.5) is 14.6 Å². The topological polar surface area (TPSA) is 51.2 Å². The quantitative estimate of drug-likeness (QED) is 0.694. The van der Waals surface area contributed by atoms with Crippen molar-refractivity contribution < 1.29 is 18.3 Å². The molecule has 0 aliphatic carbocycles. The first kappa shape index (κ1) is 17.1. The normalized spacial score (nSPS) is 15.1. The van der Waals surface area contributed by atoms with E-state index in [4.69, 9.17) is 4.74 Å². The number of rotatable bonds is 4. The lowest BCUT2D eigenvalue weighted by Gasteiger charge is -2.14. The van der Waals surface area contributed by atoms with Gasteiger partial charge < -0.3 is 10.1 Å². The molecule has 6 heteroatoms. The van der Waals surface area contributed by atoms with Crippen molar-refractivity contribution in [3.8, 4) is 16.9 Å². The number of aromatic nitrogens is 1. The van der Waals surface area contributed by atoms with E-state index < -0.39 is 17.6 Å². The Morgan fingerprint density at radius 3 is 2.67 bits per heavy atom. The number of pyridine rings is 1. The number of carbonyl (C=O) groups excluding carboxylic acids is 1. The summed E-state index contributed by atoms with van der Waals surface area (Å²) in [4.78, 5) is 17.4. The molecule has 0 saturated carbocycles. The second-order valence-corrected chi connectivity index (χ2v) is 6.31. The SMILES string of the molecule is COc1cccc(C(=O)C2CNc3nccc(-c4cc(F)cc(F)c4)c32)c1. The van der Waals surface area contributed by atoms with Gasteiger partial charge in [0.2, 0.25) is 0 Å². The van der Waals surface area contributed by atoms with E-state index in [9.17, 15) is 13.6 Å². The number of Topliss-reactive ketones (excluding diaryl/α,β-unsaturated/α-hetero) is 1. The third-order valence-electron chi connectivity index (χ3n) is 4.66. The fraction of sp³-hybridized carbons (Fsp3) is 0.143. The molecule has 4 rings (SSSR count). The maximum absolute atomic E-state index is 13.7. The fourth-order valence-electron chi connectivity index (χ4n) is 3.43. The number of benzene rings is 2. The van der Waals surface area contributed by atoms with E-state index in [-0.39, 0.29) is 5.78 Å². The molecule has 3 aromatic rings. The summed E-state index contributed by atoms with van der Waals surface area (Å²) in [7, 11) is 1.54. The minimum atomic E-state index is -0.669. The van der Waals surface area contributed by atoms with Gasteiger partial charge in [-0.3, -0.25) is 4.79 Å². The molecule has 1 aromatic heterocycles. The molecule has 0 spiro atoms. The summed E-state index contributed by atoms with van der Waals surface area (Å²) in [6.45, 7) is 0.368. The minimum absolute atomic E-state index is 0.105. The standard InChI is InChI=1S/C21H16F2N2O2/c1-27-16-4-2-3-12(9-16)20(26)18-11-25-21-19(18)17(5-6-24-21)13-7-14(22)10-15(23)8-13/h2-10,18H,11H2,1H3,(H,24,25). The van der Waals surface area contributed by atoms with E-state index in [1.165, 1.54) is 19.2 Å². The van der Waals surface area contributed by atoms with Crippen molar-refractivity contribution in [2.45, 2.75) is 5.92 Å². The number of ether oxygens (including phenoxy) is 1. The van der Waals surface area contributed by atoms with Crippen LogP contribution in [0.3, 0.4) is 0 Å². The smallest absolute Gasteiger partial charge is 0.172 e. The van der Waals surface area contributed by atoms with Gasteiger partial charge in [0.15, 0.2) is 5.78 Å². The molecule has 0 fully saturated rings. The van der Waals surface area contributed by atoms with Crippen molar-refractivity contribution in [1.82, 2.24) is 4.98 Å². The molecule has 1 unspecified atom stereocenters. The van der Waals surface area contributed by atoms with Crippen LogP contribution in [0.15, 0.2) is 54.7 Å². The lowest BCUT2D eigenvalue weighted by molar-refractivity contribution is 0.0966. The Morgan fingerprint density at radius 2 is 1.93 bits per heavy atom. The number of halogens is 2. The fourth-order valence-corrected chi connectivity index (χ4v) is 3.43. The van der Waals surface area contributed by atoms with E-state index >= 15 is 0 Å². The Labute approximate surface area is 154 Å². The molecule has 0 bridgehead atoms. The zero-order valence-corrected chi connectivity index (χ0v) is 14.5.